The van der Waals surface area contributed by atoms with Crippen molar-refractivity contribution < 1.29 is 4.79 Å². The minimum absolute atomic E-state index is 0.316. The highest BCUT2D eigenvalue weighted by Crippen LogP contribution is 2.13. The van der Waals surface area contributed by atoms with Gasteiger partial charge in [-0.3, -0.25) is 10.2 Å². The molecule has 16 heavy (non-hydrogen) atoms. The molecule has 1 aromatic rings. The molecule has 0 bridgehead atoms. The molecule has 0 radical (unpaired) electrons. The second-order valence-electron chi connectivity index (χ2n) is 3.90. The van der Waals surface area contributed by atoms with Gasteiger partial charge in [-0.25, -0.2) is 10.8 Å². The lowest BCUT2D eigenvalue weighted by Crippen LogP contribution is -2.30. The SMILES string of the molecule is NNC(=O)c1csc(CCN2CCCC2)n1. The fourth-order valence-corrected chi connectivity index (χ4v) is 2.63. The molecule has 1 aliphatic heterocycles. The Bertz CT molecular complexity index is 359. The van der Waals surface area contributed by atoms with Gasteiger partial charge in [-0.2, -0.15) is 0 Å². The van der Waals surface area contributed by atoms with Crippen LogP contribution >= 0.6 is 11.3 Å². The molecule has 1 saturated heterocycles. The number of hydrazine groups is 1. The molecule has 88 valence electrons. The number of aromatic nitrogens is 1. The van der Waals surface area contributed by atoms with Crippen molar-refractivity contribution >= 4 is 17.2 Å². The van der Waals surface area contributed by atoms with Gasteiger partial charge in [0.15, 0.2) is 0 Å². The zero-order valence-corrected chi connectivity index (χ0v) is 9.92. The van der Waals surface area contributed by atoms with Crippen LogP contribution in [-0.2, 0) is 6.42 Å². The van der Waals surface area contributed by atoms with Gasteiger partial charge in [-0.15, -0.1) is 11.3 Å². The van der Waals surface area contributed by atoms with Gasteiger partial charge in [0.05, 0.1) is 5.01 Å². The van der Waals surface area contributed by atoms with E-state index in [0.717, 1.165) is 18.0 Å². The summed E-state index contributed by atoms with van der Waals surface area (Å²) < 4.78 is 0. The van der Waals surface area contributed by atoms with E-state index in [9.17, 15) is 4.79 Å². The molecule has 1 amide bonds. The minimum Gasteiger partial charge on any atom is -0.303 e. The van der Waals surface area contributed by atoms with E-state index in [1.54, 1.807) is 5.38 Å². The maximum absolute atomic E-state index is 11.2. The molecule has 1 aromatic heterocycles. The summed E-state index contributed by atoms with van der Waals surface area (Å²) in [6, 6.07) is 0. The predicted octanol–water partition coefficient (Wildman–Crippen LogP) is 0.385. The average Bonchev–Trinajstić information content (AvgIpc) is 2.96. The van der Waals surface area contributed by atoms with Crippen molar-refractivity contribution in [3.63, 3.8) is 0 Å². The van der Waals surface area contributed by atoms with E-state index in [-0.39, 0.29) is 5.91 Å². The fourth-order valence-electron chi connectivity index (χ4n) is 1.86. The van der Waals surface area contributed by atoms with Crippen LogP contribution in [0.3, 0.4) is 0 Å². The first-order chi connectivity index (χ1) is 7.79. The Morgan fingerprint density at radius 2 is 2.31 bits per heavy atom. The van der Waals surface area contributed by atoms with Crippen LogP contribution in [0.5, 0.6) is 0 Å². The number of nitrogens with two attached hydrogens (primary N) is 1. The summed E-state index contributed by atoms with van der Waals surface area (Å²) in [6.45, 7) is 3.43. The molecule has 0 saturated carbocycles. The van der Waals surface area contributed by atoms with Gasteiger partial charge >= 0.3 is 0 Å². The van der Waals surface area contributed by atoms with Crippen molar-refractivity contribution in [3.05, 3.63) is 16.1 Å². The molecule has 1 fully saturated rings. The van der Waals surface area contributed by atoms with E-state index >= 15 is 0 Å². The molecule has 2 heterocycles. The summed E-state index contributed by atoms with van der Waals surface area (Å²) in [5.41, 5.74) is 2.51. The fraction of sp³-hybridized carbons (Fsp3) is 0.600. The maximum Gasteiger partial charge on any atom is 0.284 e. The minimum atomic E-state index is -0.316. The predicted molar refractivity (Wildman–Crippen MR) is 63.1 cm³/mol. The Kier molecular flexibility index (Phi) is 3.87. The smallest absolute Gasteiger partial charge is 0.284 e. The number of carbonyl (C=O) groups is 1. The lowest BCUT2D eigenvalue weighted by Gasteiger charge is -2.12. The first kappa shape index (κ1) is 11.5. The summed E-state index contributed by atoms with van der Waals surface area (Å²) >= 11 is 1.52. The lowest BCUT2D eigenvalue weighted by atomic mass is 10.4. The number of nitrogen functional groups attached to an aromatic ring is 1. The van der Waals surface area contributed by atoms with Gasteiger partial charge < -0.3 is 4.90 Å². The van der Waals surface area contributed by atoms with Crippen LogP contribution in [0, 0.1) is 0 Å². The number of hydrogen-bond acceptors (Lipinski definition) is 5. The number of nitrogens with one attached hydrogen (secondary N) is 1. The lowest BCUT2D eigenvalue weighted by molar-refractivity contribution is 0.0949. The number of amides is 1. The molecule has 3 N–H and O–H groups in total. The van der Waals surface area contributed by atoms with E-state index < -0.39 is 0 Å². The molecule has 0 aliphatic carbocycles. The van der Waals surface area contributed by atoms with E-state index in [0.29, 0.717) is 5.69 Å². The van der Waals surface area contributed by atoms with Crippen LogP contribution in [0.4, 0.5) is 0 Å². The van der Waals surface area contributed by atoms with Crippen LogP contribution < -0.4 is 11.3 Å². The quantitative estimate of drug-likeness (QED) is 0.453. The maximum atomic E-state index is 11.2. The third-order valence-corrected chi connectivity index (χ3v) is 3.66. The summed E-state index contributed by atoms with van der Waals surface area (Å²) in [6.07, 6.45) is 3.53. The zero-order valence-electron chi connectivity index (χ0n) is 9.11. The molecule has 0 aromatic carbocycles. The third-order valence-electron chi connectivity index (χ3n) is 2.76. The van der Waals surface area contributed by atoms with Gasteiger partial charge in [0, 0.05) is 18.3 Å². The summed E-state index contributed by atoms with van der Waals surface area (Å²) in [4.78, 5) is 17.9. The molecular formula is C10H16N4OS. The molecule has 1 aliphatic rings. The van der Waals surface area contributed by atoms with Crippen LogP contribution in [0.1, 0.15) is 28.3 Å². The van der Waals surface area contributed by atoms with Gasteiger partial charge in [-0.05, 0) is 25.9 Å². The Hall–Kier alpha value is -0.980. The first-order valence-electron chi connectivity index (χ1n) is 5.47. The van der Waals surface area contributed by atoms with Crippen LogP contribution in [-0.4, -0.2) is 35.4 Å². The molecule has 0 unspecified atom stereocenters. The first-order valence-corrected chi connectivity index (χ1v) is 6.35. The van der Waals surface area contributed by atoms with E-state index in [1.807, 2.05) is 0 Å². The zero-order chi connectivity index (χ0) is 11.4. The van der Waals surface area contributed by atoms with Crippen LogP contribution in [0.2, 0.25) is 0 Å². The molecule has 5 nitrogen and oxygen atoms in total. The van der Waals surface area contributed by atoms with Crippen molar-refractivity contribution in [2.75, 3.05) is 19.6 Å². The van der Waals surface area contributed by atoms with Crippen molar-refractivity contribution in [1.82, 2.24) is 15.3 Å². The topological polar surface area (TPSA) is 71.2 Å². The van der Waals surface area contributed by atoms with Crippen LogP contribution in [0.25, 0.3) is 0 Å². The number of likely N-dealkylation sites (tertiary alicyclic amines) is 1. The number of thiazole rings is 1. The number of rotatable bonds is 4. The summed E-state index contributed by atoms with van der Waals surface area (Å²) in [7, 11) is 0. The van der Waals surface area contributed by atoms with Gasteiger partial charge in [0.25, 0.3) is 5.91 Å². The average molecular weight is 240 g/mol. The van der Waals surface area contributed by atoms with Crippen molar-refractivity contribution in [3.8, 4) is 0 Å². The highest BCUT2D eigenvalue weighted by Gasteiger charge is 2.13. The Morgan fingerprint density at radius 1 is 1.56 bits per heavy atom. The molecule has 2 rings (SSSR count). The molecule has 0 spiro atoms. The van der Waals surface area contributed by atoms with Crippen LogP contribution in [0.15, 0.2) is 5.38 Å². The second-order valence-corrected chi connectivity index (χ2v) is 4.84. The van der Waals surface area contributed by atoms with Gasteiger partial charge in [-0.1, -0.05) is 0 Å². The largest absolute Gasteiger partial charge is 0.303 e. The summed E-state index contributed by atoms with van der Waals surface area (Å²) in [5, 5.41) is 2.76. The van der Waals surface area contributed by atoms with Gasteiger partial charge in [0.2, 0.25) is 0 Å². The van der Waals surface area contributed by atoms with Gasteiger partial charge in [0.1, 0.15) is 5.69 Å². The monoisotopic (exact) mass is 240 g/mol. The van der Waals surface area contributed by atoms with Crippen molar-refractivity contribution in [2.45, 2.75) is 19.3 Å². The molecule has 0 atom stereocenters. The van der Waals surface area contributed by atoms with Crippen molar-refractivity contribution in [2.24, 2.45) is 5.84 Å². The van der Waals surface area contributed by atoms with Crippen molar-refractivity contribution in [1.29, 1.82) is 0 Å². The highest BCUT2D eigenvalue weighted by atomic mass is 32.1. The number of hydrogen-bond donors (Lipinski definition) is 2. The normalized spacial score (nSPS) is 16.6. The Labute approximate surface area is 98.6 Å². The third kappa shape index (κ3) is 2.78. The Morgan fingerprint density at radius 3 is 3.00 bits per heavy atom. The molecule has 6 heteroatoms. The summed E-state index contributed by atoms with van der Waals surface area (Å²) in [5.74, 6) is 4.73. The second kappa shape index (κ2) is 5.38. The number of carbonyl (C=O) groups excluding carboxylic acids is 1. The Balaban J connectivity index is 1.85. The highest BCUT2D eigenvalue weighted by molar-refractivity contribution is 7.09. The van der Waals surface area contributed by atoms with E-state index in [2.05, 4.69) is 15.3 Å². The van der Waals surface area contributed by atoms with E-state index in [4.69, 9.17) is 5.84 Å². The van der Waals surface area contributed by atoms with E-state index in [1.165, 1.54) is 37.3 Å². The standard InChI is InChI=1S/C10H16N4OS/c11-13-10(15)8-7-16-9(12-8)3-6-14-4-1-2-5-14/h7H,1-6,11H2,(H,13,15). The molecular weight excluding hydrogens is 224 g/mol. The number of nitrogens with zero attached hydrogens (tertiary/aromatic N) is 2.